The first-order valence-electron chi connectivity index (χ1n) is 10.9. The zero-order valence-corrected chi connectivity index (χ0v) is 19.8. The second-order valence-corrected chi connectivity index (χ2v) is 10.2. The molecule has 0 spiro atoms. The molecule has 8 heteroatoms. The summed E-state index contributed by atoms with van der Waals surface area (Å²) in [4.78, 5) is 18.8. The van der Waals surface area contributed by atoms with E-state index >= 15 is 0 Å². The molecule has 0 saturated carbocycles. The maximum Gasteiger partial charge on any atom is 0.223 e. The van der Waals surface area contributed by atoms with Crippen LogP contribution in [-0.4, -0.2) is 64.2 Å². The highest BCUT2D eigenvalue weighted by atomic mass is 32.2. The summed E-state index contributed by atoms with van der Waals surface area (Å²) in [5.41, 5.74) is 4.07. The van der Waals surface area contributed by atoms with Gasteiger partial charge in [0.15, 0.2) is 9.84 Å². The second kappa shape index (κ2) is 10.7. The van der Waals surface area contributed by atoms with Gasteiger partial charge >= 0.3 is 0 Å². The minimum absolute atomic E-state index is 0.0116. The lowest BCUT2D eigenvalue weighted by molar-refractivity contribution is -0.129. The number of benzene rings is 2. The summed E-state index contributed by atoms with van der Waals surface area (Å²) >= 11 is 0. The zero-order valence-electron chi connectivity index (χ0n) is 19.0. The third kappa shape index (κ3) is 6.64. The summed E-state index contributed by atoms with van der Waals surface area (Å²) in [6, 6.07) is 13.5. The highest BCUT2D eigenvalue weighted by Crippen LogP contribution is 2.15. The lowest BCUT2D eigenvalue weighted by atomic mass is 10.1. The summed E-state index contributed by atoms with van der Waals surface area (Å²) < 4.78 is 25.0. The Kier molecular flexibility index (Phi) is 8.04. The van der Waals surface area contributed by atoms with E-state index in [9.17, 15) is 13.2 Å². The Morgan fingerprint density at radius 2 is 1.81 bits per heavy atom. The number of aryl methyl sites for hydroxylation is 2. The van der Waals surface area contributed by atoms with Gasteiger partial charge in [-0.2, -0.15) is 0 Å². The van der Waals surface area contributed by atoms with Crippen LogP contribution in [0.15, 0.2) is 52.4 Å². The topological polar surface area (TPSA) is 90.9 Å². The number of amidine groups is 1. The van der Waals surface area contributed by atoms with Crippen molar-refractivity contribution in [3.05, 3.63) is 64.7 Å². The molecule has 2 aromatic carbocycles. The number of aliphatic imine (C=N–C) groups is 1. The third-order valence-electron chi connectivity index (χ3n) is 5.43. The van der Waals surface area contributed by atoms with Crippen molar-refractivity contribution >= 4 is 21.6 Å². The molecule has 7 nitrogen and oxygen atoms in total. The fraction of sp³-hybridized carbons (Fsp3) is 0.417. The number of likely N-dealkylation sites (N-methyl/N-ethyl adjacent to an activating group) is 1. The van der Waals surface area contributed by atoms with E-state index in [1.165, 1.54) is 0 Å². The number of carbonyl (C=O) groups is 1. The van der Waals surface area contributed by atoms with Crippen LogP contribution < -0.4 is 10.6 Å². The molecule has 1 aliphatic heterocycles. The van der Waals surface area contributed by atoms with Gasteiger partial charge in [-0.25, -0.2) is 8.42 Å². The number of rotatable bonds is 10. The van der Waals surface area contributed by atoms with Crippen molar-refractivity contribution in [3.63, 3.8) is 0 Å². The predicted octanol–water partition coefficient (Wildman–Crippen LogP) is 2.07. The van der Waals surface area contributed by atoms with Crippen LogP contribution in [0.3, 0.4) is 0 Å². The first-order valence-corrected chi connectivity index (χ1v) is 12.5. The number of amides is 1. The quantitative estimate of drug-likeness (QED) is 0.534. The van der Waals surface area contributed by atoms with Crippen LogP contribution in [0.4, 0.5) is 0 Å². The summed E-state index contributed by atoms with van der Waals surface area (Å²) in [7, 11) is -1.65. The minimum atomic E-state index is -3.43. The average molecular weight is 457 g/mol. The highest BCUT2D eigenvalue weighted by molar-refractivity contribution is 7.91. The van der Waals surface area contributed by atoms with Crippen LogP contribution in [0.25, 0.3) is 0 Å². The molecule has 0 aromatic heterocycles. The Morgan fingerprint density at radius 3 is 2.44 bits per heavy atom. The van der Waals surface area contributed by atoms with Gasteiger partial charge in [-0.15, -0.1) is 0 Å². The van der Waals surface area contributed by atoms with Crippen molar-refractivity contribution in [1.82, 2.24) is 15.5 Å². The van der Waals surface area contributed by atoms with E-state index in [0.717, 1.165) is 47.6 Å². The lowest BCUT2D eigenvalue weighted by Crippen LogP contribution is -2.32. The SMILES string of the molecule is Cc1cc(C)cc(S(=O)(=O)CNCCC(=O)N(C)CCc2ccc(C3=NCCN3)cc2)c1. The highest BCUT2D eigenvalue weighted by Gasteiger charge is 2.16. The van der Waals surface area contributed by atoms with Gasteiger partial charge in [0.05, 0.1) is 11.4 Å². The summed E-state index contributed by atoms with van der Waals surface area (Å²) in [5, 5.41) is 6.16. The van der Waals surface area contributed by atoms with Crippen LogP contribution in [0.5, 0.6) is 0 Å². The monoisotopic (exact) mass is 456 g/mol. The lowest BCUT2D eigenvalue weighted by Gasteiger charge is -2.17. The van der Waals surface area contributed by atoms with Gasteiger partial charge in [-0.1, -0.05) is 30.3 Å². The van der Waals surface area contributed by atoms with E-state index in [1.54, 1.807) is 24.1 Å². The number of nitrogens with one attached hydrogen (secondary N) is 2. The van der Waals surface area contributed by atoms with Crippen molar-refractivity contribution in [2.75, 3.05) is 39.1 Å². The molecule has 1 amide bonds. The standard InChI is InChI=1S/C24H32N4O3S/c1-18-14-19(2)16-22(15-18)32(30,31)17-25-10-8-23(29)28(3)13-9-20-4-6-21(7-5-20)24-26-11-12-27-24/h4-7,14-16,25H,8-13,17H2,1-3H3,(H,26,27). The molecular formula is C24H32N4O3S. The third-order valence-corrected chi connectivity index (χ3v) is 6.96. The number of sulfone groups is 1. The van der Waals surface area contributed by atoms with Gasteiger partial charge in [0.1, 0.15) is 11.7 Å². The van der Waals surface area contributed by atoms with Crippen molar-refractivity contribution in [2.45, 2.75) is 31.6 Å². The van der Waals surface area contributed by atoms with Crippen molar-refractivity contribution in [3.8, 4) is 0 Å². The van der Waals surface area contributed by atoms with Gasteiger partial charge in [-0.3, -0.25) is 9.79 Å². The minimum Gasteiger partial charge on any atom is -0.368 e. The second-order valence-electron chi connectivity index (χ2n) is 8.25. The van der Waals surface area contributed by atoms with Crippen LogP contribution in [-0.2, 0) is 21.1 Å². The van der Waals surface area contributed by atoms with Crippen LogP contribution in [0.1, 0.15) is 28.7 Å². The molecule has 0 saturated heterocycles. The maximum absolute atomic E-state index is 12.5. The fourth-order valence-corrected chi connectivity index (χ4v) is 4.94. The molecule has 0 radical (unpaired) electrons. The largest absolute Gasteiger partial charge is 0.368 e. The summed E-state index contributed by atoms with van der Waals surface area (Å²) in [6.07, 6.45) is 1.01. The van der Waals surface area contributed by atoms with E-state index < -0.39 is 9.84 Å². The van der Waals surface area contributed by atoms with E-state index in [-0.39, 0.29) is 18.2 Å². The molecule has 1 aliphatic rings. The Labute approximate surface area is 190 Å². The Morgan fingerprint density at radius 1 is 1.12 bits per heavy atom. The summed E-state index contributed by atoms with van der Waals surface area (Å²) in [5.74, 6) is 0.748. The van der Waals surface area contributed by atoms with Gasteiger partial charge in [-0.05, 0) is 49.1 Å². The number of carbonyl (C=O) groups excluding carboxylic acids is 1. The molecule has 3 rings (SSSR count). The van der Waals surface area contributed by atoms with Crippen LogP contribution >= 0.6 is 0 Å². The smallest absolute Gasteiger partial charge is 0.223 e. The molecule has 2 N–H and O–H groups in total. The maximum atomic E-state index is 12.5. The van der Waals surface area contributed by atoms with Crippen molar-refractivity contribution < 1.29 is 13.2 Å². The number of hydrogen-bond acceptors (Lipinski definition) is 6. The van der Waals surface area contributed by atoms with E-state index in [1.807, 2.05) is 32.0 Å². The molecule has 0 atom stereocenters. The van der Waals surface area contributed by atoms with Crippen molar-refractivity contribution in [2.24, 2.45) is 4.99 Å². The molecule has 0 aliphatic carbocycles. The molecule has 1 heterocycles. The molecular weight excluding hydrogens is 424 g/mol. The van der Waals surface area contributed by atoms with Gasteiger partial charge in [0.25, 0.3) is 0 Å². The molecule has 172 valence electrons. The number of nitrogens with zero attached hydrogens (tertiary/aromatic N) is 2. The Hall–Kier alpha value is -2.71. The van der Waals surface area contributed by atoms with Gasteiger partial charge in [0, 0.05) is 38.7 Å². The Bertz CT molecular complexity index is 1060. The Balaban J connectivity index is 1.40. The zero-order chi connectivity index (χ0) is 23.1. The average Bonchev–Trinajstić information content (AvgIpc) is 3.29. The molecule has 0 unspecified atom stereocenters. The van der Waals surface area contributed by atoms with Crippen molar-refractivity contribution in [1.29, 1.82) is 0 Å². The normalized spacial score (nSPS) is 13.5. The first-order chi connectivity index (χ1) is 15.2. The molecule has 2 aromatic rings. The molecule has 0 bridgehead atoms. The van der Waals surface area contributed by atoms with Crippen LogP contribution in [0, 0.1) is 13.8 Å². The number of hydrogen-bond donors (Lipinski definition) is 2. The molecule has 0 fully saturated rings. The predicted molar refractivity (Wildman–Crippen MR) is 128 cm³/mol. The first kappa shape index (κ1) is 23.9. The van der Waals surface area contributed by atoms with Gasteiger partial charge < -0.3 is 15.5 Å². The van der Waals surface area contributed by atoms with E-state index in [2.05, 4.69) is 27.8 Å². The van der Waals surface area contributed by atoms with E-state index in [4.69, 9.17) is 0 Å². The van der Waals surface area contributed by atoms with Crippen LogP contribution in [0.2, 0.25) is 0 Å². The summed E-state index contributed by atoms with van der Waals surface area (Å²) in [6.45, 7) is 6.38. The fourth-order valence-electron chi connectivity index (χ4n) is 3.63. The van der Waals surface area contributed by atoms with E-state index in [0.29, 0.717) is 18.0 Å². The van der Waals surface area contributed by atoms with Gasteiger partial charge in [0.2, 0.25) is 5.91 Å². The molecule has 32 heavy (non-hydrogen) atoms.